The van der Waals surface area contributed by atoms with Gasteiger partial charge in [-0.25, -0.2) is 4.98 Å². The quantitative estimate of drug-likeness (QED) is 0.549. The van der Waals surface area contributed by atoms with Crippen LogP contribution in [0.5, 0.6) is 0 Å². The van der Waals surface area contributed by atoms with Gasteiger partial charge in [0.25, 0.3) is 11.1 Å². The monoisotopic (exact) mass is 257 g/mol. The first kappa shape index (κ1) is 11.3. The first-order valence-electron chi connectivity index (χ1n) is 5.70. The van der Waals surface area contributed by atoms with E-state index in [2.05, 4.69) is 25.5 Å². The number of fused-ring (bicyclic) bond motifs is 1. The summed E-state index contributed by atoms with van der Waals surface area (Å²) in [5, 5.41) is 8.45. The molecule has 0 atom stereocenters. The number of aromatic nitrogens is 4. The molecule has 7 heteroatoms. The van der Waals surface area contributed by atoms with E-state index in [0.717, 1.165) is 5.69 Å². The van der Waals surface area contributed by atoms with E-state index in [4.69, 9.17) is 0 Å². The van der Waals surface area contributed by atoms with Crippen LogP contribution in [0.2, 0.25) is 0 Å². The molecule has 4 N–H and O–H groups in total. The third-order valence-corrected chi connectivity index (χ3v) is 2.85. The van der Waals surface area contributed by atoms with Crippen LogP contribution in [0.25, 0.3) is 10.8 Å². The fraction of sp³-hybridized carbons (Fsp3) is 0.0833. The molecule has 0 spiro atoms. The summed E-state index contributed by atoms with van der Waals surface area (Å²) in [6.45, 7) is 0.491. The summed E-state index contributed by atoms with van der Waals surface area (Å²) in [5.74, 6) is 0. The molecule has 96 valence electrons. The molecule has 0 fully saturated rings. The Labute approximate surface area is 106 Å². The van der Waals surface area contributed by atoms with Gasteiger partial charge in [0.15, 0.2) is 0 Å². The van der Waals surface area contributed by atoms with Gasteiger partial charge in [-0.1, -0.05) is 6.07 Å². The molecular formula is C12H11N5O2. The molecule has 3 aromatic rings. The summed E-state index contributed by atoms with van der Waals surface area (Å²) in [7, 11) is 0. The maximum Gasteiger partial charge on any atom is 0.272 e. The molecule has 0 aliphatic rings. The molecule has 0 amide bonds. The van der Waals surface area contributed by atoms with Gasteiger partial charge in [-0.15, -0.1) is 0 Å². The first-order chi connectivity index (χ1) is 9.25. The minimum absolute atomic E-state index is 0.320. The highest BCUT2D eigenvalue weighted by Gasteiger charge is 2.07. The molecule has 0 saturated heterocycles. The van der Waals surface area contributed by atoms with Crippen LogP contribution in [-0.2, 0) is 6.54 Å². The second-order valence-corrected chi connectivity index (χ2v) is 4.07. The Morgan fingerprint density at radius 2 is 2.00 bits per heavy atom. The van der Waals surface area contributed by atoms with Crippen molar-refractivity contribution in [3.8, 4) is 0 Å². The Balaban J connectivity index is 2.06. The third kappa shape index (κ3) is 2.01. The summed E-state index contributed by atoms with van der Waals surface area (Å²) >= 11 is 0. The number of hydrogen-bond acceptors (Lipinski definition) is 4. The molecule has 0 unspecified atom stereocenters. The highest BCUT2D eigenvalue weighted by atomic mass is 16.1. The lowest BCUT2D eigenvalue weighted by atomic mass is 10.1. The number of nitrogens with one attached hydrogen (secondary N) is 4. The van der Waals surface area contributed by atoms with Gasteiger partial charge in [0.2, 0.25) is 0 Å². The van der Waals surface area contributed by atoms with E-state index in [1.165, 1.54) is 0 Å². The molecule has 0 aliphatic carbocycles. The molecule has 1 aromatic carbocycles. The number of imidazole rings is 1. The summed E-state index contributed by atoms with van der Waals surface area (Å²) in [6, 6.07) is 5.10. The molecule has 7 nitrogen and oxygen atoms in total. The van der Waals surface area contributed by atoms with Crippen molar-refractivity contribution < 1.29 is 0 Å². The average Bonchev–Trinajstić information content (AvgIpc) is 2.94. The topological polar surface area (TPSA) is 106 Å². The van der Waals surface area contributed by atoms with Crippen LogP contribution in [0, 0.1) is 0 Å². The third-order valence-electron chi connectivity index (χ3n) is 2.85. The van der Waals surface area contributed by atoms with Crippen molar-refractivity contribution in [1.29, 1.82) is 0 Å². The fourth-order valence-electron chi connectivity index (χ4n) is 1.95. The van der Waals surface area contributed by atoms with Gasteiger partial charge < -0.3 is 10.3 Å². The van der Waals surface area contributed by atoms with E-state index in [9.17, 15) is 9.59 Å². The Bertz CT molecular complexity index is 816. The van der Waals surface area contributed by atoms with Gasteiger partial charge in [0.1, 0.15) is 0 Å². The van der Waals surface area contributed by atoms with Gasteiger partial charge >= 0.3 is 0 Å². The normalized spacial score (nSPS) is 10.7. The standard InChI is InChI=1S/C12H11N5O2/c18-11-8-2-1-3-9(10(8)12(19)17-16-11)14-5-7-4-13-6-15-7/h1-4,6,14H,5H2,(H,13,15)(H,16,18)(H,17,19). The lowest BCUT2D eigenvalue weighted by Gasteiger charge is -2.07. The number of H-pyrrole nitrogens is 3. The Morgan fingerprint density at radius 3 is 2.79 bits per heavy atom. The minimum Gasteiger partial charge on any atom is -0.379 e. The van der Waals surface area contributed by atoms with Crippen LogP contribution < -0.4 is 16.4 Å². The zero-order chi connectivity index (χ0) is 13.2. The Kier molecular flexibility index (Phi) is 2.64. The van der Waals surface area contributed by atoms with Crippen LogP contribution in [0.3, 0.4) is 0 Å². The van der Waals surface area contributed by atoms with Crippen LogP contribution >= 0.6 is 0 Å². The van der Waals surface area contributed by atoms with Crippen molar-refractivity contribution in [2.45, 2.75) is 6.54 Å². The summed E-state index contributed by atoms with van der Waals surface area (Å²) in [5.41, 5.74) is 0.847. The van der Waals surface area contributed by atoms with Crippen LogP contribution in [0.4, 0.5) is 5.69 Å². The van der Waals surface area contributed by atoms with Crippen molar-refractivity contribution >= 4 is 16.5 Å². The molecule has 0 saturated carbocycles. The van der Waals surface area contributed by atoms with E-state index >= 15 is 0 Å². The Hall–Kier alpha value is -2.83. The van der Waals surface area contributed by atoms with E-state index in [1.807, 2.05) is 0 Å². The van der Waals surface area contributed by atoms with E-state index in [-0.39, 0.29) is 11.1 Å². The second kappa shape index (κ2) is 4.45. The van der Waals surface area contributed by atoms with Gasteiger partial charge in [-0.2, -0.15) is 0 Å². The number of anilines is 1. The maximum atomic E-state index is 11.8. The van der Waals surface area contributed by atoms with Crippen LogP contribution in [0.1, 0.15) is 5.69 Å². The largest absolute Gasteiger partial charge is 0.379 e. The minimum atomic E-state index is -0.331. The number of benzene rings is 1. The molecule has 0 radical (unpaired) electrons. The number of nitrogens with zero attached hydrogens (tertiary/aromatic N) is 1. The molecular weight excluding hydrogens is 246 g/mol. The zero-order valence-electron chi connectivity index (χ0n) is 9.86. The summed E-state index contributed by atoms with van der Waals surface area (Å²) in [6.07, 6.45) is 3.27. The van der Waals surface area contributed by atoms with Gasteiger partial charge in [0, 0.05) is 11.9 Å². The van der Waals surface area contributed by atoms with Crippen LogP contribution in [-0.4, -0.2) is 20.2 Å². The summed E-state index contributed by atoms with van der Waals surface area (Å²) in [4.78, 5) is 30.3. The van der Waals surface area contributed by atoms with Crippen molar-refractivity contribution in [3.63, 3.8) is 0 Å². The van der Waals surface area contributed by atoms with E-state index in [1.54, 1.807) is 30.7 Å². The van der Waals surface area contributed by atoms with Crippen molar-refractivity contribution in [1.82, 2.24) is 20.2 Å². The van der Waals surface area contributed by atoms with Gasteiger partial charge in [0.05, 0.1) is 29.3 Å². The highest BCUT2D eigenvalue weighted by molar-refractivity contribution is 5.92. The number of rotatable bonds is 3. The average molecular weight is 257 g/mol. The zero-order valence-corrected chi connectivity index (χ0v) is 9.86. The lowest BCUT2D eigenvalue weighted by Crippen LogP contribution is -2.20. The lowest BCUT2D eigenvalue weighted by molar-refractivity contribution is 0.975. The smallest absolute Gasteiger partial charge is 0.272 e. The van der Waals surface area contributed by atoms with Gasteiger partial charge in [-0.05, 0) is 12.1 Å². The molecule has 0 bridgehead atoms. The van der Waals surface area contributed by atoms with E-state index in [0.29, 0.717) is 23.0 Å². The summed E-state index contributed by atoms with van der Waals surface area (Å²) < 4.78 is 0. The van der Waals surface area contributed by atoms with Crippen molar-refractivity contribution in [3.05, 3.63) is 57.1 Å². The maximum absolute atomic E-state index is 11.8. The van der Waals surface area contributed by atoms with E-state index < -0.39 is 0 Å². The van der Waals surface area contributed by atoms with Gasteiger partial charge in [-0.3, -0.25) is 19.8 Å². The SMILES string of the molecule is O=c1[nH][nH]c(=O)c2c(NCc3cnc[nH]3)cccc12. The highest BCUT2D eigenvalue weighted by Crippen LogP contribution is 2.17. The fourth-order valence-corrected chi connectivity index (χ4v) is 1.95. The molecule has 0 aliphatic heterocycles. The molecule has 2 heterocycles. The molecule has 2 aromatic heterocycles. The first-order valence-corrected chi connectivity index (χ1v) is 5.70. The molecule has 19 heavy (non-hydrogen) atoms. The van der Waals surface area contributed by atoms with Crippen LogP contribution in [0.15, 0.2) is 40.3 Å². The number of hydrogen-bond donors (Lipinski definition) is 4. The molecule has 3 rings (SSSR count). The Morgan fingerprint density at radius 1 is 1.16 bits per heavy atom. The predicted octanol–water partition coefficient (Wildman–Crippen LogP) is 0.552. The second-order valence-electron chi connectivity index (χ2n) is 4.07. The van der Waals surface area contributed by atoms with Crippen molar-refractivity contribution in [2.24, 2.45) is 0 Å². The number of aromatic amines is 3. The van der Waals surface area contributed by atoms with Crippen molar-refractivity contribution in [2.75, 3.05) is 5.32 Å². The predicted molar refractivity (Wildman–Crippen MR) is 71.1 cm³/mol.